The number of benzene rings is 1. The Balaban J connectivity index is 1.75. The highest BCUT2D eigenvalue weighted by molar-refractivity contribution is 7.80. The van der Waals surface area contributed by atoms with E-state index >= 15 is 0 Å². The van der Waals surface area contributed by atoms with Crippen LogP contribution in [0.1, 0.15) is 17.0 Å². The molecule has 0 fully saturated rings. The number of nitrogens with one attached hydrogen (secondary N) is 3. The molecule has 0 aliphatic rings. The van der Waals surface area contributed by atoms with E-state index in [4.69, 9.17) is 12.2 Å². The summed E-state index contributed by atoms with van der Waals surface area (Å²) in [5.41, 5.74) is 3.67. The van der Waals surface area contributed by atoms with Crippen LogP contribution in [-0.4, -0.2) is 42.9 Å². The highest BCUT2D eigenvalue weighted by atomic mass is 32.1. The van der Waals surface area contributed by atoms with Gasteiger partial charge in [-0.05, 0) is 49.8 Å². The third-order valence-electron chi connectivity index (χ3n) is 3.67. The summed E-state index contributed by atoms with van der Waals surface area (Å²) in [6.45, 7) is 4.48. The molecule has 28 heavy (non-hydrogen) atoms. The zero-order valence-electron chi connectivity index (χ0n) is 15.8. The molecule has 0 spiro atoms. The Bertz CT molecular complexity index is 945. The molecule has 144 valence electrons. The van der Waals surface area contributed by atoms with Crippen molar-refractivity contribution in [3.63, 3.8) is 0 Å². The van der Waals surface area contributed by atoms with E-state index in [1.807, 2.05) is 44.2 Å². The fraction of sp³-hybridized carbons (Fsp3) is 0.222. The van der Waals surface area contributed by atoms with Gasteiger partial charge in [0.2, 0.25) is 11.9 Å². The van der Waals surface area contributed by atoms with E-state index in [9.17, 15) is 0 Å². The van der Waals surface area contributed by atoms with Gasteiger partial charge in [-0.1, -0.05) is 12.1 Å². The maximum atomic E-state index is 5.17. The first-order valence-electron chi connectivity index (χ1n) is 8.60. The van der Waals surface area contributed by atoms with Crippen LogP contribution < -0.4 is 16.0 Å². The largest absolute Gasteiger partial charge is 0.364 e. The average molecular weight is 395 g/mol. The van der Waals surface area contributed by atoms with Crippen molar-refractivity contribution in [2.75, 3.05) is 17.7 Å². The molecule has 3 rings (SSSR count). The SMILES string of the molecule is CNC(=S)/N=C(\Nc1ccc(Cn2cncn2)cc1)Nc1nc(C)cc(C)n1. The fourth-order valence-corrected chi connectivity index (χ4v) is 2.56. The minimum atomic E-state index is 0.335. The summed E-state index contributed by atoms with van der Waals surface area (Å²) in [5, 5.41) is 13.6. The van der Waals surface area contributed by atoms with E-state index in [2.05, 4.69) is 41.0 Å². The predicted molar refractivity (Wildman–Crippen MR) is 113 cm³/mol. The maximum absolute atomic E-state index is 5.17. The lowest BCUT2D eigenvalue weighted by Gasteiger charge is -2.13. The van der Waals surface area contributed by atoms with Gasteiger partial charge >= 0.3 is 0 Å². The summed E-state index contributed by atoms with van der Waals surface area (Å²) in [7, 11) is 1.72. The smallest absolute Gasteiger partial charge is 0.229 e. The van der Waals surface area contributed by atoms with E-state index in [-0.39, 0.29) is 0 Å². The summed E-state index contributed by atoms with van der Waals surface area (Å²) in [6.07, 6.45) is 3.20. The van der Waals surface area contributed by atoms with E-state index in [0.717, 1.165) is 22.6 Å². The van der Waals surface area contributed by atoms with Crippen molar-refractivity contribution in [3.8, 4) is 0 Å². The van der Waals surface area contributed by atoms with Gasteiger partial charge in [0.05, 0.1) is 6.54 Å². The summed E-state index contributed by atoms with van der Waals surface area (Å²) in [6, 6.07) is 9.82. The Kier molecular flexibility index (Phi) is 6.22. The molecule has 0 aliphatic carbocycles. The molecule has 3 aromatic rings. The molecule has 2 aromatic heterocycles. The first-order valence-corrected chi connectivity index (χ1v) is 9.01. The van der Waals surface area contributed by atoms with Crippen LogP contribution in [0.4, 0.5) is 11.6 Å². The summed E-state index contributed by atoms with van der Waals surface area (Å²) in [5.74, 6) is 0.874. The van der Waals surface area contributed by atoms with Gasteiger partial charge in [-0.25, -0.2) is 19.6 Å². The fourth-order valence-electron chi connectivity index (χ4n) is 2.46. The molecular formula is C18H21N9S. The predicted octanol–water partition coefficient (Wildman–Crippen LogP) is 2.12. The zero-order valence-corrected chi connectivity index (χ0v) is 16.7. The van der Waals surface area contributed by atoms with Gasteiger partial charge in [-0.3, -0.25) is 5.32 Å². The molecule has 2 heterocycles. The summed E-state index contributed by atoms with van der Waals surface area (Å²) in [4.78, 5) is 17.1. The number of anilines is 2. The molecule has 10 heteroatoms. The lowest BCUT2D eigenvalue weighted by atomic mass is 10.2. The minimum Gasteiger partial charge on any atom is -0.364 e. The lowest BCUT2D eigenvalue weighted by Crippen LogP contribution is -2.27. The molecule has 1 aromatic carbocycles. The first kappa shape index (κ1) is 19.4. The highest BCUT2D eigenvalue weighted by Crippen LogP contribution is 2.12. The van der Waals surface area contributed by atoms with E-state index in [1.54, 1.807) is 18.1 Å². The number of aromatic nitrogens is 5. The van der Waals surface area contributed by atoms with Crippen molar-refractivity contribution in [2.45, 2.75) is 20.4 Å². The van der Waals surface area contributed by atoms with Crippen LogP contribution in [0.5, 0.6) is 0 Å². The molecular weight excluding hydrogens is 374 g/mol. The summed E-state index contributed by atoms with van der Waals surface area (Å²) >= 11 is 5.17. The van der Waals surface area contributed by atoms with Crippen molar-refractivity contribution < 1.29 is 0 Å². The Morgan fingerprint density at radius 3 is 2.43 bits per heavy atom. The number of hydrogen-bond acceptors (Lipinski definition) is 5. The third-order valence-corrected chi connectivity index (χ3v) is 3.96. The molecule has 0 bridgehead atoms. The number of guanidine groups is 1. The van der Waals surface area contributed by atoms with Crippen molar-refractivity contribution >= 4 is 34.9 Å². The number of hydrogen-bond donors (Lipinski definition) is 3. The van der Waals surface area contributed by atoms with Crippen molar-refractivity contribution in [2.24, 2.45) is 4.99 Å². The van der Waals surface area contributed by atoms with Crippen molar-refractivity contribution in [1.29, 1.82) is 0 Å². The van der Waals surface area contributed by atoms with Crippen LogP contribution in [0.2, 0.25) is 0 Å². The molecule has 0 radical (unpaired) electrons. The second kappa shape index (κ2) is 9.00. The number of aryl methyl sites for hydroxylation is 2. The monoisotopic (exact) mass is 395 g/mol. The number of aliphatic imine (C=N–C) groups is 1. The normalized spacial score (nSPS) is 11.2. The average Bonchev–Trinajstić information content (AvgIpc) is 3.15. The lowest BCUT2D eigenvalue weighted by molar-refractivity contribution is 0.685. The van der Waals surface area contributed by atoms with Gasteiger partial charge in [-0.2, -0.15) is 10.1 Å². The van der Waals surface area contributed by atoms with Gasteiger partial charge < -0.3 is 10.6 Å². The van der Waals surface area contributed by atoms with Crippen molar-refractivity contribution in [1.82, 2.24) is 30.0 Å². The Morgan fingerprint density at radius 2 is 1.82 bits per heavy atom. The first-order chi connectivity index (χ1) is 13.5. The summed E-state index contributed by atoms with van der Waals surface area (Å²) < 4.78 is 1.76. The molecule has 0 unspecified atom stereocenters. The van der Waals surface area contributed by atoms with Crippen molar-refractivity contribution in [3.05, 3.63) is 59.9 Å². The van der Waals surface area contributed by atoms with E-state index < -0.39 is 0 Å². The molecule has 0 saturated heterocycles. The van der Waals surface area contributed by atoms with Crippen LogP contribution in [0.15, 0.2) is 48.0 Å². The maximum Gasteiger partial charge on any atom is 0.229 e. The van der Waals surface area contributed by atoms with Gasteiger partial charge in [0, 0.05) is 24.1 Å². The molecule has 0 aliphatic heterocycles. The Labute approximate surface area is 168 Å². The number of rotatable bonds is 4. The zero-order chi connectivity index (χ0) is 19.9. The van der Waals surface area contributed by atoms with E-state index in [0.29, 0.717) is 23.6 Å². The van der Waals surface area contributed by atoms with Gasteiger partial charge in [0.25, 0.3) is 0 Å². The minimum absolute atomic E-state index is 0.335. The Morgan fingerprint density at radius 1 is 1.11 bits per heavy atom. The van der Waals surface area contributed by atoms with Gasteiger partial charge in [0.1, 0.15) is 12.7 Å². The molecule has 9 nitrogen and oxygen atoms in total. The van der Waals surface area contributed by atoms with Crippen LogP contribution in [0.25, 0.3) is 0 Å². The van der Waals surface area contributed by atoms with E-state index in [1.165, 1.54) is 6.33 Å². The quantitative estimate of drug-likeness (QED) is 0.350. The molecule has 3 N–H and O–H groups in total. The standard InChI is InChI=1S/C18H21N9S/c1-12-8-13(2)23-16(22-12)25-17(26-18(28)19-3)24-15-6-4-14(5-7-15)9-27-11-20-10-21-27/h4-8,10-11H,9H2,1-3H3,(H3,19,22,23,24,25,26,28). The molecule has 0 atom stereocenters. The molecule has 0 saturated carbocycles. The van der Waals surface area contributed by atoms with Gasteiger partial charge in [-0.15, -0.1) is 0 Å². The van der Waals surface area contributed by atoms with Crippen LogP contribution in [0.3, 0.4) is 0 Å². The van der Waals surface area contributed by atoms with Crippen LogP contribution >= 0.6 is 12.2 Å². The third kappa shape index (κ3) is 5.55. The second-order valence-corrected chi connectivity index (χ2v) is 6.42. The second-order valence-electron chi connectivity index (χ2n) is 6.03. The Hall–Kier alpha value is -3.40. The van der Waals surface area contributed by atoms with Crippen LogP contribution in [0, 0.1) is 13.8 Å². The van der Waals surface area contributed by atoms with Crippen LogP contribution in [-0.2, 0) is 6.54 Å². The number of nitrogens with zero attached hydrogens (tertiary/aromatic N) is 6. The number of thiocarbonyl (C=S) groups is 1. The topological polar surface area (TPSA) is 105 Å². The highest BCUT2D eigenvalue weighted by Gasteiger charge is 2.07. The van der Waals surface area contributed by atoms with Gasteiger partial charge in [0.15, 0.2) is 5.11 Å². The molecule has 0 amide bonds.